The normalized spacial score (nSPS) is 18.4. The van der Waals surface area contributed by atoms with Crippen LogP contribution in [-0.4, -0.2) is 21.0 Å². The fourth-order valence-corrected chi connectivity index (χ4v) is 4.76. The van der Waals surface area contributed by atoms with E-state index in [1.54, 1.807) is 30.3 Å². The number of rotatable bonds is 4. The highest BCUT2D eigenvalue weighted by Gasteiger charge is 2.48. The van der Waals surface area contributed by atoms with Crippen LogP contribution >= 0.6 is 11.6 Å². The first-order valence-corrected chi connectivity index (χ1v) is 11.3. The quantitative estimate of drug-likeness (QED) is 0.572. The fraction of sp³-hybridized carbons (Fsp3) is 0.333. The van der Waals surface area contributed by atoms with Crippen LogP contribution in [0.3, 0.4) is 0 Å². The van der Waals surface area contributed by atoms with Crippen molar-refractivity contribution in [3.8, 4) is 5.75 Å². The summed E-state index contributed by atoms with van der Waals surface area (Å²) in [6, 6.07) is 11.1. The molecule has 0 amide bonds. The standard InChI is InChI=1S/C21H18ClF3O3S/c1-29(26,27)15-5-2-13(3-6-15)16-11-20(8-9-20)12-17(16)14-4-7-19(18(22)10-14)28-21(23,24)25/h2-7,10H,8-9,11-12H2,1H3. The van der Waals surface area contributed by atoms with Crippen LogP contribution in [0.15, 0.2) is 47.4 Å². The predicted octanol–water partition coefficient (Wildman–Crippen LogP) is 6.13. The van der Waals surface area contributed by atoms with Gasteiger partial charge in [0.2, 0.25) is 0 Å². The second-order valence-corrected chi connectivity index (χ2v) is 10.2. The first kappa shape index (κ1) is 20.3. The molecule has 1 fully saturated rings. The molecule has 1 spiro atoms. The van der Waals surface area contributed by atoms with Crippen LogP contribution in [-0.2, 0) is 9.84 Å². The molecule has 1 saturated carbocycles. The number of hydrogen-bond acceptors (Lipinski definition) is 3. The first-order valence-electron chi connectivity index (χ1n) is 9.04. The van der Waals surface area contributed by atoms with Crippen molar-refractivity contribution < 1.29 is 26.3 Å². The van der Waals surface area contributed by atoms with E-state index < -0.39 is 21.9 Å². The summed E-state index contributed by atoms with van der Waals surface area (Å²) in [4.78, 5) is 0.249. The molecule has 2 aromatic carbocycles. The molecule has 0 unspecified atom stereocenters. The summed E-state index contributed by atoms with van der Waals surface area (Å²) < 4.78 is 64.9. The molecule has 3 nitrogen and oxygen atoms in total. The molecule has 0 heterocycles. The lowest BCUT2D eigenvalue weighted by molar-refractivity contribution is -0.274. The van der Waals surface area contributed by atoms with Crippen LogP contribution in [0, 0.1) is 5.41 Å². The largest absolute Gasteiger partial charge is 0.573 e. The topological polar surface area (TPSA) is 43.4 Å². The van der Waals surface area contributed by atoms with E-state index in [2.05, 4.69) is 4.74 Å². The second kappa shape index (κ2) is 6.77. The Hall–Kier alpha value is -1.99. The van der Waals surface area contributed by atoms with Crippen LogP contribution in [0.2, 0.25) is 5.02 Å². The molecule has 0 atom stereocenters. The Morgan fingerprint density at radius 1 is 0.966 bits per heavy atom. The highest BCUT2D eigenvalue weighted by Crippen LogP contribution is 2.63. The van der Waals surface area contributed by atoms with Gasteiger partial charge in [-0.25, -0.2) is 8.42 Å². The third-order valence-corrected chi connectivity index (χ3v) is 6.99. The molecule has 0 aliphatic heterocycles. The fourth-order valence-electron chi connectivity index (χ4n) is 3.91. The molecule has 154 valence electrons. The number of sulfone groups is 1. The number of benzene rings is 2. The Labute approximate surface area is 172 Å². The van der Waals surface area contributed by atoms with E-state index in [0.717, 1.165) is 54.2 Å². The van der Waals surface area contributed by atoms with Gasteiger partial charge in [-0.2, -0.15) is 0 Å². The molecule has 2 aliphatic carbocycles. The molecular formula is C21H18ClF3O3S. The van der Waals surface area contributed by atoms with E-state index in [1.807, 2.05) is 0 Å². The zero-order valence-electron chi connectivity index (χ0n) is 15.5. The minimum atomic E-state index is -4.80. The van der Waals surface area contributed by atoms with E-state index in [-0.39, 0.29) is 15.3 Å². The van der Waals surface area contributed by atoms with Crippen LogP contribution in [0.5, 0.6) is 5.75 Å². The van der Waals surface area contributed by atoms with Gasteiger partial charge in [-0.3, -0.25) is 0 Å². The van der Waals surface area contributed by atoms with Crippen LogP contribution in [0.25, 0.3) is 11.1 Å². The molecule has 0 saturated heterocycles. The van der Waals surface area contributed by atoms with Gasteiger partial charge in [-0.05, 0) is 77.6 Å². The zero-order valence-corrected chi connectivity index (χ0v) is 17.1. The molecule has 8 heteroatoms. The number of hydrogen-bond donors (Lipinski definition) is 0. The maximum atomic E-state index is 12.5. The van der Waals surface area contributed by atoms with Crippen molar-refractivity contribution in [2.45, 2.75) is 36.9 Å². The van der Waals surface area contributed by atoms with Crippen molar-refractivity contribution in [3.05, 3.63) is 58.6 Å². The van der Waals surface area contributed by atoms with E-state index >= 15 is 0 Å². The van der Waals surface area contributed by atoms with Gasteiger partial charge in [0.1, 0.15) is 5.75 Å². The Morgan fingerprint density at radius 2 is 1.52 bits per heavy atom. The highest BCUT2D eigenvalue weighted by atomic mass is 35.5. The van der Waals surface area contributed by atoms with Crippen molar-refractivity contribution in [2.24, 2.45) is 5.41 Å². The summed E-state index contributed by atoms with van der Waals surface area (Å²) in [6.07, 6.45) is 0.246. The van der Waals surface area contributed by atoms with Gasteiger partial charge in [0, 0.05) is 6.26 Å². The number of alkyl halides is 3. The first-order chi connectivity index (χ1) is 13.5. The Morgan fingerprint density at radius 3 is 2.00 bits per heavy atom. The number of allylic oxidation sites excluding steroid dienone is 2. The summed E-state index contributed by atoms with van der Waals surface area (Å²) in [5.41, 5.74) is 4.00. The lowest BCUT2D eigenvalue weighted by Crippen LogP contribution is -2.17. The van der Waals surface area contributed by atoms with Crippen molar-refractivity contribution in [1.82, 2.24) is 0 Å². The summed E-state index contributed by atoms with van der Waals surface area (Å²) in [5.74, 6) is -0.429. The van der Waals surface area contributed by atoms with Crippen LogP contribution in [0.4, 0.5) is 13.2 Å². The lowest BCUT2D eigenvalue weighted by atomic mass is 9.97. The highest BCUT2D eigenvalue weighted by molar-refractivity contribution is 7.90. The van der Waals surface area contributed by atoms with Crippen molar-refractivity contribution >= 4 is 32.6 Å². The Bertz CT molecular complexity index is 1100. The molecule has 4 rings (SSSR count). The molecule has 0 aromatic heterocycles. The summed E-state index contributed by atoms with van der Waals surface area (Å²) >= 11 is 6.05. The van der Waals surface area contributed by atoms with E-state index in [9.17, 15) is 21.6 Å². The van der Waals surface area contributed by atoms with E-state index in [1.165, 1.54) is 12.1 Å². The third-order valence-electron chi connectivity index (χ3n) is 5.56. The molecule has 2 aliphatic rings. The molecular weight excluding hydrogens is 425 g/mol. The van der Waals surface area contributed by atoms with Crippen molar-refractivity contribution in [1.29, 1.82) is 0 Å². The van der Waals surface area contributed by atoms with Gasteiger partial charge < -0.3 is 4.74 Å². The summed E-state index contributed by atoms with van der Waals surface area (Å²) in [7, 11) is -3.28. The molecule has 29 heavy (non-hydrogen) atoms. The Kier molecular flexibility index (Phi) is 4.74. The minimum absolute atomic E-state index is 0.101. The predicted molar refractivity (Wildman–Crippen MR) is 105 cm³/mol. The number of halogens is 4. The van der Waals surface area contributed by atoms with Crippen molar-refractivity contribution in [3.63, 3.8) is 0 Å². The van der Waals surface area contributed by atoms with Crippen LogP contribution in [0.1, 0.15) is 36.8 Å². The summed E-state index contributed by atoms with van der Waals surface area (Å²) in [6.45, 7) is 0. The molecule has 2 aromatic rings. The third kappa shape index (κ3) is 4.31. The van der Waals surface area contributed by atoms with Crippen LogP contribution < -0.4 is 4.74 Å². The monoisotopic (exact) mass is 442 g/mol. The molecule has 0 N–H and O–H groups in total. The van der Waals surface area contributed by atoms with Gasteiger partial charge in [0.25, 0.3) is 0 Å². The van der Waals surface area contributed by atoms with Gasteiger partial charge in [-0.15, -0.1) is 13.2 Å². The zero-order chi connectivity index (χ0) is 21.0. The maximum absolute atomic E-state index is 12.5. The second-order valence-electron chi connectivity index (χ2n) is 7.80. The average Bonchev–Trinajstić information content (AvgIpc) is 3.26. The Balaban J connectivity index is 1.72. The lowest BCUT2D eigenvalue weighted by Gasteiger charge is -2.13. The van der Waals surface area contributed by atoms with E-state index in [4.69, 9.17) is 11.6 Å². The smallest absolute Gasteiger partial charge is 0.404 e. The maximum Gasteiger partial charge on any atom is 0.573 e. The van der Waals surface area contributed by atoms with E-state index in [0.29, 0.717) is 0 Å². The SMILES string of the molecule is CS(=O)(=O)c1ccc(C2=C(c3ccc(OC(F)(F)F)c(Cl)c3)CC3(CC3)C2)cc1. The molecule has 0 radical (unpaired) electrons. The van der Waals surface area contributed by atoms with Gasteiger partial charge in [-0.1, -0.05) is 29.8 Å². The average molecular weight is 443 g/mol. The number of ether oxygens (including phenoxy) is 1. The molecule has 0 bridgehead atoms. The van der Waals surface area contributed by atoms with Gasteiger partial charge in [0.15, 0.2) is 9.84 Å². The van der Waals surface area contributed by atoms with Crippen molar-refractivity contribution in [2.75, 3.05) is 6.26 Å². The minimum Gasteiger partial charge on any atom is -0.404 e. The van der Waals surface area contributed by atoms with Gasteiger partial charge in [0.05, 0.1) is 9.92 Å². The summed E-state index contributed by atoms with van der Waals surface area (Å²) in [5, 5.41) is -0.101. The van der Waals surface area contributed by atoms with Gasteiger partial charge >= 0.3 is 6.36 Å².